The summed E-state index contributed by atoms with van der Waals surface area (Å²) in [5, 5.41) is 9.64. The minimum Gasteiger partial charge on any atom is -0.478 e. The van der Waals surface area contributed by atoms with Crippen molar-refractivity contribution in [2.24, 2.45) is 4.99 Å². The van der Waals surface area contributed by atoms with Gasteiger partial charge in [0.15, 0.2) is 4.80 Å². The van der Waals surface area contributed by atoms with Crippen LogP contribution in [0.2, 0.25) is 5.02 Å². The molecule has 0 unspecified atom stereocenters. The van der Waals surface area contributed by atoms with Crippen molar-refractivity contribution in [2.45, 2.75) is 19.9 Å². The van der Waals surface area contributed by atoms with Gasteiger partial charge in [-0.1, -0.05) is 47.2 Å². The highest BCUT2D eigenvalue weighted by Crippen LogP contribution is 2.31. The Morgan fingerprint density at radius 2 is 1.84 bits per heavy atom. The third kappa shape index (κ3) is 4.73. The number of hydrogen-bond donors (Lipinski definition) is 1. The minimum atomic E-state index is -1.01. The Kier molecular flexibility index (Phi) is 6.88. The maximum absolute atomic E-state index is 13.7. The molecule has 1 aliphatic rings. The minimum absolute atomic E-state index is 0.175. The van der Waals surface area contributed by atoms with E-state index in [-0.39, 0.29) is 17.7 Å². The Morgan fingerprint density at radius 3 is 2.50 bits per heavy atom. The highest BCUT2D eigenvalue weighted by atomic mass is 35.5. The van der Waals surface area contributed by atoms with Gasteiger partial charge < -0.3 is 14.3 Å². The summed E-state index contributed by atoms with van der Waals surface area (Å²) in [5.74, 6) is -0.574. The highest BCUT2D eigenvalue weighted by Gasteiger charge is 2.33. The second-order valence-electron chi connectivity index (χ2n) is 8.44. The first-order valence-electron chi connectivity index (χ1n) is 11.7. The van der Waals surface area contributed by atoms with E-state index < -0.39 is 18.0 Å². The molecule has 0 saturated carbocycles. The number of esters is 1. The van der Waals surface area contributed by atoms with Crippen molar-refractivity contribution in [3.8, 4) is 11.3 Å². The number of benzene rings is 2. The van der Waals surface area contributed by atoms with Crippen molar-refractivity contribution in [1.29, 1.82) is 0 Å². The molecule has 38 heavy (non-hydrogen) atoms. The first-order valence-corrected chi connectivity index (χ1v) is 12.8. The van der Waals surface area contributed by atoms with E-state index >= 15 is 0 Å². The van der Waals surface area contributed by atoms with E-state index in [9.17, 15) is 14.4 Å². The van der Waals surface area contributed by atoms with Crippen molar-refractivity contribution in [3.63, 3.8) is 0 Å². The number of carbonyl (C=O) groups is 2. The fourth-order valence-electron chi connectivity index (χ4n) is 4.24. The number of allylic oxidation sites excluding steroid dienone is 1. The first kappa shape index (κ1) is 25.4. The number of carboxylic acid groups (broad SMARTS) is 1. The molecule has 5 rings (SSSR count). The largest absolute Gasteiger partial charge is 0.478 e. The number of ether oxygens (including phenoxy) is 1. The van der Waals surface area contributed by atoms with Crippen LogP contribution in [0.25, 0.3) is 17.4 Å². The summed E-state index contributed by atoms with van der Waals surface area (Å²) in [6.07, 6.45) is 1.63. The average molecular weight is 549 g/mol. The molecule has 0 amide bonds. The lowest BCUT2D eigenvalue weighted by molar-refractivity contribution is -0.139. The van der Waals surface area contributed by atoms with Crippen LogP contribution in [-0.4, -0.2) is 28.2 Å². The van der Waals surface area contributed by atoms with Crippen LogP contribution >= 0.6 is 22.9 Å². The molecule has 0 spiro atoms. The number of fused-ring (bicyclic) bond motifs is 1. The SMILES string of the molecule is CCOC(=O)C1=C(C)N=c2sc(=Cc3ccc(-c4ccc(C(=O)O)cc4)o3)c(=O)n2[C@@H]1c1ccc(Cl)cc1. The van der Waals surface area contributed by atoms with Crippen LogP contribution in [0.3, 0.4) is 0 Å². The molecule has 1 atom stereocenters. The molecule has 1 N–H and O–H groups in total. The number of rotatable bonds is 6. The molecule has 192 valence electrons. The third-order valence-electron chi connectivity index (χ3n) is 6.02. The van der Waals surface area contributed by atoms with Crippen molar-refractivity contribution in [1.82, 2.24) is 4.57 Å². The number of furan rings is 1. The molecule has 1 aliphatic heterocycles. The van der Waals surface area contributed by atoms with Gasteiger partial charge in [-0.05, 0) is 55.8 Å². The molecule has 0 bridgehead atoms. The van der Waals surface area contributed by atoms with E-state index in [1.165, 1.54) is 28.0 Å². The summed E-state index contributed by atoms with van der Waals surface area (Å²) >= 11 is 7.28. The topological polar surface area (TPSA) is 111 Å². The zero-order chi connectivity index (χ0) is 27.0. The van der Waals surface area contributed by atoms with E-state index in [1.807, 2.05) is 0 Å². The summed E-state index contributed by atoms with van der Waals surface area (Å²) in [5.41, 5.74) is 2.01. The predicted octanol–water partition coefficient (Wildman–Crippen LogP) is 4.41. The number of aromatic nitrogens is 1. The molecule has 4 aromatic rings. The van der Waals surface area contributed by atoms with Crippen LogP contribution in [0.1, 0.15) is 41.6 Å². The van der Waals surface area contributed by atoms with E-state index in [4.69, 9.17) is 25.9 Å². The molecule has 3 heterocycles. The molecule has 2 aromatic heterocycles. The monoisotopic (exact) mass is 548 g/mol. The van der Waals surface area contributed by atoms with Crippen molar-refractivity contribution in [2.75, 3.05) is 6.61 Å². The van der Waals surface area contributed by atoms with E-state index in [0.717, 1.165) is 0 Å². The molecule has 0 aliphatic carbocycles. The lowest BCUT2D eigenvalue weighted by Gasteiger charge is -2.24. The highest BCUT2D eigenvalue weighted by molar-refractivity contribution is 7.07. The lowest BCUT2D eigenvalue weighted by Crippen LogP contribution is -2.39. The third-order valence-corrected chi connectivity index (χ3v) is 7.25. The molecular formula is C28H21ClN2O6S. The standard InChI is InChI=1S/C28H21ClN2O6S/c1-3-36-27(35)23-15(2)30-28-31(24(23)17-8-10-19(29)11-9-17)25(32)22(38-28)14-20-12-13-21(37-20)16-4-6-18(7-5-16)26(33)34/h4-14,24H,3H2,1-2H3,(H,33,34)/t24-/m1/s1. The van der Waals surface area contributed by atoms with Gasteiger partial charge in [0.25, 0.3) is 5.56 Å². The molecule has 10 heteroatoms. The summed E-state index contributed by atoms with van der Waals surface area (Å²) in [7, 11) is 0. The molecular weight excluding hydrogens is 528 g/mol. The van der Waals surface area contributed by atoms with Gasteiger partial charge in [-0.15, -0.1) is 0 Å². The van der Waals surface area contributed by atoms with Crippen molar-refractivity contribution < 1.29 is 23.8 Å². The van der Waals surface area contributed by atoms with Crippen LogP contribution in [0.15, 0.2) is 86.1 Å². The van der Waals surface area contributed by atoms with E-state index in [1.54, 1.807) is 68.5 Å². The number of hydrogen-bond acceptors (Lipinski definition) is 7. The zero-order valence-electron chi connectivity index (χ0n) is 20.3. The van der Waals surface area contributed by atoms with Gasteiger partial charge >= 0.3 is 11.9 Å². The molecule has 0 radical (unpaired) electrons. The zero-order valence-corrected chi connectivity index (χ0v) is 21.9. The second kappa shape index (κ2) is 10.3. The van der Waals surface area contributed by atoms with E-state index in [0.29, 0.717) is 48.3 Å². The molecule has 2 aromatic carbocycles. The van der Waals surface area contributed by atoms with Gasteiger partial charge in [0.05, 0.1) is 34.0 Å². The smallest absolute Gasteiger partial charge is 0.338 e. The predicted molar refractivity (Wildman–Crippen MR) is 143 cm³/mol. The fraction of sp³-hybridized carbons (Fsp3) is 0.143. The average Bonchev–Trinajstić information content (AvgIpc) is 3.48. The quantitative estimate of drug-likeness (QED) is 0.357. The van der Waals surface area contributed by atoms with Gasteiger partial charge in [0.2, 0.25) is 0 Å². The number of carbonyl (C=O) groups excluding carboxylic acids is 1. The first-order chi connectivity index (χ1) is 18.3. The number of carboxylic acids is 1. The summed E-state index contributed by atoms with van der Waals surface area (Å²) in [6.45, 7) is 3.63. The normalized spacial score (nSPS) is 15.2. The molecule has 0 fully saturated rings. The Morgan fingerprint density at radius 1 is 1.13 bits per heavy atom. The van der Waals surface area contributed by atoms with Gasteiger partial charge in [0, 0.05) is 16.7 Å². The second-order valence-corrected chi connectivity index (χ2v) is 9.88. The van der Waals surface area contributed by atoms with Gasteiger partial charge in [-0.3, -0.25) is 9.36 Å². The summed E-state index contributed by atoms with van der Waals surface area (Å²) < 4.78 is 13.1. The number of nitrogens with zero attached hydrogens (tertiary/aromatic N) is 2. The summed E-state index contributed by atoms with van der Waals surface area (Å²) in [4.78, 5) is 42.7. The fourth-order valence-corrected chi connectivity index (χ4v) is 5.40. The number of halogens is 1. The van der Waals surface area contributed by atoms with Crippen LogP contribution < -0.4 is 14.9 Å². The van der Waals surface area contributed by atoms with Crippen molar-refractivity contribution in [3.05, 3.63) is 114 Å². The molecule has 8 nitrogen and oxygen atoms in total. The van der Waals surface area contributed by atoms with Gasteiger partial charge in [-0.2, -0.15) is 0 Å². The van der Waals surface area contributed by atoms with Crippen LogP contribution in [0.4, 0.5) is 0 Å². The Balaban J connectivity index is 1.59. The maximum Gasteiger partial charge on any atom is 0.338 e. The maximum atomic E-state index is 13.7. The number of thiazole rings is 1. The Bertz CT molecular complexity index is 1760. The van der Waals surface area contributed by atoms with Gasteiger partial charge in [0.1, 0.15) is 11.5 Å². The van der Waals surface area contributed by atoms with E-state index in [2.05, 4.69) is 4.99 Å². The van der Waals surface area contributed by atoms with Crippen LogP contribution in [-0.2, 0) is 9.53 Å². The molecule has 0 saturated heterocycles. The Labute approximate surface area is 225 Å². The van der Waals surface area contributed by atoms with Gasteiger partial charge in [-0.25, -0.2) is 14.6 Å². The van der Waals surface area contributed by atoms with Crippen molar-refractivity contribution >= 4 is 41.0 Å². The number of aromatic carboxylic acids is 1. The Hall–Kier alpha value is -4.21. The van der Waals surface area contributed by atoms with Crippen LogP contribution in [0.5, 0.6) is 0 Å². The lowest BCUT2D eigenvalue weighted by atomic mass is 9.96. The van der Waals surface area contributed by atoms with Crippen LogP contribution in [0, 0.1) is 0 Å². The summed E-state index contributed by atoms with van der Waals surface area (Å²) in [6, 6.07) is 16.0.